The van der Waals surface area contributed by atoms with Gasteiger partial charge in [0.05, 0.1) is 12.0 Å². The second kappa shape index (κ2) is 9.92. The van der Waals surface area contributed by atoms with Gasteiger partial charge in [0.2, 0.25) is 10.0 Å². The van der Waals surface area contributed by atoms with Crippen LogP contribution in [0.4, 0.5) is 4.79 Å². The second-order valence-corrected chi connectivity index (χ2v) is 10.8. The molecule has 1 heterocycles. The van der Waals surface area contributed by atoms with Gasteiger partial charge in [-0.3, -0.25) is 4.90 Å². The Bertz CT molecular complexity index is 1000. The first-order valence-corrected chi connectivity index (χ1v) is 12.3. The number of hydrogen-bond acceptors (Lipinski definition) is 5. The summed E-state index contributed by atoms with van der Waals surface area (Å²) in [6.07, 6.45) is 1.04. The number of rotatable bonds is 6. The van der Waals surface area contributed by atoms with Gasteiger partial charge in [-0.25, -0.2) is 13.2 Å². The predicted molar refractivity (Wildman–Crippen MR) is 123 cm³/mol. The number of likely N-dealkylation sites (tertiary alicyclic amines) is 1. The Kier molecular flexibility index (Phi) is 7.46. The molecule has 0 aliphatic carbocycles. The van der Waals surface area contributed by atoms with Crippen molar-refractivity contribution in [3.05, 3.63) is 60.2 Å². The Morgan fingerprint density at radius 3 is 2.31 bits per heavy atom. The van der Waals surface area contributed by atoms with Crippen LogP contribution in [-0.4, -0.2) is 49.1 Å². The summed E-state index contributed by atoms with van der Waals surface area (Å²) in [5.74, 6) is 0.576. The molecule has 0 aromatic heterocycles. The number of carbonyl (C=O) groups is 1. The van der Waals surface area contributed by atoms with Crippen molar-refractivity contribution in [1.29, 1.82) is 0 Å². The van der Waals surface area contributed by atoms with E-state index < -0.39 is 27.9 Å². The van der Waals surface area contributed by atoms with Crippen LogP contribution in [0.1, 0.15) is 45.6 Å². The lowest BCUT2D eigenvalue weighted by Crippen LogP contribution is -2.55. The van der Waals surface area contributed by atoms with Crippen LogP contribution in [0.2, 0.25) is 0 Å². The van der Waals surface area contributed by atoms with Crippen molar-refractivity contribution >= 4 is 16.1 Å². The first-order chi connectivity index (χ1) is 15.1. The van der Waals surface area contributed by atoms with Gasteiger partial charge in [-0.05, 0) is 69.9 Å². The Hall–Kier alpha value is -2.58. The molecule has 8 heteroatoms. The van der Waals surface area contributed by atoms with Gasteiger partial charge in [0.25, 0.3) is 0 Å². The number of nitrogens with zero attached hydrogens (tertiary/aromatic N) is 2. The van der Waals surface area contributed by atoms with E-state index in [9.17, 15) is 13.2 Å². The standard InChI is InChI=1S/C24H32N2O5S/c1-24(2,3)31-23(27)25-17-9-8-12-22(25)26(18-19-10-6-5-7-11-19)32(28,29)21-15-13-20(30-4)14-16-21/h5-7,10-11,13-16,22H,8-9,12,17-18H2,1-4H3. The van der Waals surface area contributed by atoms with Gasteiger partial charge >= 0.3 is 6.09 Å². The van der Waals surface area contributed by atoms with Crippen LogP contribution in [0, 0.1) is 0 Å². The van der Waals surface area contributed by atoms with Crippen molar-refractivity contribution in [3.8, 4) is 5.75 Å². The molecule has 32 heavy (non-hydrogen) atoms. The molecule has 0 bridgehead atoms. The number of hydrogen-bond donors (Lipinski definition) is 0. The number of ether oxygens (including phenoxy) is 2. The highest BCUT2D eigenvalue weighted by atomic mass is 32.2. The molecule has 7 nitrogen and oxygen atoms in total. The third-order valence-electron chi connectivity index (χ3n) is 5.28. The first-order valence-electron chi connectivity index (χ1n) is 10.8. The van der Waals surface area contributed by atoms with Crippen LogP contribution in [0.15, 0.2) is 59.5 Å². The quantitative estimate of drug-likeness (QED) is 0.628. The van der Waals surface area contributed by atoms with Gasteiger partial charge in [0.15, 0.2) is 0 Å². The van der Waals surface area contributed by atoms with Crippen LogP contribution in [0.5, 0.6) is 5.75 Å². The number of piperidine rings is 1. The number of sulfonamides is 1. The molecule has 1 atom stereocenters. The highest BCUT2D eigenvalue weighted by molar-refractivity contribution is 7.89. The maximum absolute atomic E-state index is 13.8. The van der Waals surface area contributed by atoms with E-state index in [1.807, 2.05) is 30.3 Å². The minimum atomic E-state index is -3.91. The Morgan fingerprint density at radius 2 is 1.72 bits per heavy atom. The van der Waals surface area contributed by atoms with Gasteiger partial charge in [0, 0.05) is 13.1 Å². The summed E-state index contributed by atoms with van der Waals surface area (Å²) in [5, 5.41) is 0. The average molecular weight is 461 g/mol. The summed E-state index contributed by atoms with van der Waals surface area (Å²) in [5.41, 5.74) is 0.178. The molecule has 0 saturated carbocycles. The molecule has 0 N–H and O–H groups in total. The molecule has 2 aromatic rings. The van der Waals surface area contributed by atoms with Crippen LogP contribution < -0.4 is 4.74 Å². The normalized spacial score (nSPS) is 17.3. The molecule has 1 unspecified atom stereocenters. The monoisotopic (exact) mass is 460 g/mol. The van der Waals surface area contributed by atoms with E-state index in [1.54, 1.807) is 37.8 Å². The summed E-state index contributed by atoms with van der Waals surface area (Å²) < 4.78 is 39.8. The number of benzene rings is 2. The maximum atomic E-state index is 13.8. The highest BCUT2D eigenvalue weighted by Gasteiger charge is 2.40. The zero-order chi connectivity index (χ0) is 23.4. The Balaban J connectivity index is 2.01. The van der Waals surface area contributed by atoms with E-state index in [0.717, 1.165) is 18.4 Å². The van der Waals surface area contributed by atoms with Crippen LogP contribution in [0.25, 0.3) is 0 Å². The van der Waals surface area contributed by atoms with Gasteiger partial charge < -0.3 is 9.47 Å². The predicted octanol–water partition coefficient (Wildman–Crippen LogP) is 4.63. The molecule has 174 valence electrons. The van der Waals surface area contributed by atoms with E-state index in [1.165, 1.54) is 23.5 Å². The van der Waals surface area contributed by atoms with Crippen LogP contribution in [-0.2, 0) is 21.3 Å². The van der Waals surface area contributed by atoms with E-state index in [0.29, 0.717) is 18.7 Å². The number of methoxy groups -OCH3 is 1. The van der Waals surface area contributed by atoms with E-state index in [2.05, 4.69) is 0 Å². The second-order valence-electron chi connectivity index (χ2n) is 8.86. The Labute approximate surface area is 191 Å². The van der Waals surface area contributed by atoms with Crippen molar-refractivity contribution in [3.63, 3.8) is 0 Å². The maximum Gasteiger partial charge on any atom is 0.411 e. The van der Waals surface area contributed by atoms with Crippen molar-refractivity contribution < 1.29 is 22.7 Å². The average Bonchev–Trinajstić information content (AvgIpc) is 2.77. The molecule has 1 aliphatic heterocycles. The zero-order valence-electron chi connectivity index (χ0n) is 19.2. The first kappa shape index (κ1) is 24.1. The molecule has 1 saturated heterocycles. The topological polar surface area (TPSA) is 76.2 Å². The molecular formula is C24H32N2O5S. The smallest absolute Gasteiger partial charge is 0.411 e. The summed E-state index contributed by atoms with van der Waals surface area (Å²) in [4.78, 5) is 14.7. The van der Waals surface area contributed by atoms with Gasteiger partial charge in [-0.1, -0.05) is 30.3 Å². The van der Waals surface area contributed by atoms with Crippen LogP contribution in [0.3, 0.4) is 0 Å². The highest BCUT2D eigenvalue weighted by Crippen LogP contribution is 2.30. The molecular weight excluding hydrogens is 428 g/mol. The van der Waals surface area contributed by atoms with Crippen molar-refractivity contribution in [2.45, 2.75) is 63.2 Å². The summed E-state index contributed by atoms with van der Waals surface area (Å²) in [6, 6.07) is 15.7. The lowest BCUT2D eigenvalue weighted by atomic mass is 10.1. The van der Waals surface area contributed by atoms with Gasteiger partial charge in [0.1, 0.15) is 17.5 Å². The summed E-state index contributed by atoms with van der Waals surface area (Å²) in [7, 11) is -2.37. The van der Waals surface area contributed by atoms with E-state index in [4.69, 9.17) is 9.47 Å². The van der Waals surface area contributed by atoms with Crippen molar-refractivity contribution in [2.75, 3.05) is 13.7 Å². The fourth-order valence-corrected chi connectivity index (χ4v) is 5.35. The molecule has 3 rings (SSSR count). The van der Waals surface area contributed by atoms with E-state index >= 15 is 0 Å². The molecule has 0 spiro atoms. The fraction of sp³-hybridized carbons (Fsp3) is 0.458. The minimum Gasteiger partial charge on any atom is -0.497 e. The third kappa shape index (κ3) is 5.81. The number of amides is 1. The third-order valence-corrected chi connectivity index (χ3v) is 7.14. The minimum absolute atomic E-state index is 0.152. The molecule has 0 radical (unpaired) electrons. The van der Waals surface area contributed by atoms with Crippen molar-refractivity contribution in [2.24, 2.45) is 0 Å². The summed E-state index contributed by atoms with van der Waals surface area (Å²) in [6.45, 7) is 6.02. The lowest BCUT2D eigenvalue weighted by Gasteiger charge is -2.42. The fourth-order valence-electron chi connectivity index (χ4n) is 3.74. The lowest BCUT2D eigenvalue weighted by molar-refractivity contribution is -0.00854. The largest absolute Gasteiger partial charge is 0.497 e. The Morgan fingerprint density at radius 1 is 1.06 bits per heavy atom. The van der Waals surface area contributed by atoms with Gasteiger partial charge in [-0.15, -0.1) is 0 Å². The van der Waals surface area contributed by atoms with Gasteiger partial charge in [-0.2, -0.15) is 4.31 Å². The molecule has 1 aliphatic rings. The zero-order valence-corrected chi connectivity index (χ0v) is 20.0. The molecule has 2 aromatic carbocycles. The molecule has 1 fully saturated rings. The van der Waals surface area contributed by atoms with Crippen LogP contribution >= 0.6 is 0 Å². The van der Waals surface area contributed by atoms with E-state index in [-0.39, 0.29) is 11.4 Å². The SMILES string of the molecule is COc1ccc(S(=O)(=O)N(Cc2ccccc2)C2CCCCN2C(=O)OC(C)(C)C)cc1. The van der Waals surface area contributed by atoms with Crippen molar-refractivity contribution in [1.82, 2.24) is 9.21 Å². The number of carbonyl (C=O) groups excluding carboxylic acids is 1. The molecule has 1 amide bonds. The summed E-state index contributed by atoms with van der Waals surface area (Å²) >= 11 is 0.